The highest BCUT2D eigenvalue weighted by Crippen LogP contribution is 2.13. The van der Waals surface area contributed by atoms with Gasteiger partial charge in [-0.25, -0.2) is 9.67 Å². The van der Waals surface area contributed by atoms with Crippen molar-refractivity contribution >= 4 is 0 Å². The van der Waals surface area contributed by atoms with E-state index < -0.39 is 6.10 Å². The number of hydrogen-bond donors (Lipinski definition) is 1. The summed E-state index contributed by atoms with van der Waals surface area (Å²) in [5.74, 6) is 2.28. The maximum atomic E-state index is 9.98. The normalized spacial score (nSPS) is 12.4. The van der Waals surface area contributed by atoms with E-state index in [2.05, 4.69) is 17.0 Å². The molecule has 1 aromatic carbocycles. The summed E-state index contributed by atoms with van der Waals surface area (Å²) in [6.45, 7) is 6.45. The van der Waals surface area contributed by atoms with Crippen molar-refractivity contribution in [1.82, 2.24) is 14.8 Å². The van der Waals surface area contributed by atoms with Gasteiger partial charge in [-0.15, -0.1) is 0 Å². The lowest BCUT2D eigenvalue weighted by molar-refractivity contribution is 0.0886. The quantitative estimate of drug-likeness (QED) is 0.874. The summed E-state index contributed by atoms with van der Waals surface area (Å²) in [4.78, 5) is 4.20. The van der Waals surface area contributed by atoms with Gasteiger partial charge in [-0.2, -0.15) is 5.10 Å². The van der Waals surface area contributed by atoms with Gasteiger partial charge in [-0.1, -0.05) is 19.1 Å². The molecule has 2 rings (SSSR count). The zero-order valence-corrected chi connectivity index (χ0v) is 12.2. The summed E-state index contributed by atoms with van der Waals surface area (Å²) in [5.41, 5.74) is 1.27. The second kappa shape index (κ2) is 6.52. The molecule has 1 unspecified atom stereocenters. The van der Waals surface area contributed by atoms with Crippen LogP contribution >= 0.6 is 0 Å². The lowest BCUT2D eigenvalue weighted by atomic mass is 10.2. The number of aliphatic hydroxyl groups excluding tert-OH is 1. The molecule has 1 heterocycles. The average Bonchev–Trinajstić information content (AvgIpc) is 2.75. The molecule has 1 aromatic heterocycles. The van der Waals surface area contributed by atoms with Crippen molar-refractivity contribution in [3.05, 3.63) is 41.5 Å². The predicted molar refractivity (Wildman–Crippen MR) is 76.8 cm³/mol. The molecule has 20 heavy (non-hydrogen) atoms. The first-order valence-electron chi connectivity index (χ1n) is 6.86. The van der Waals surface area contributed by atoms with Crippen LogP contribution in [-0.2, 0) is 13.0 Å². The van der Waals surface area contributed by atoms with Crippen LogP contribution in [0.3, 0.4) is 0 Å². The van der Waals surface area contributed by atoms with Gasteiger partial charge in [-0.05, 0) is 38.0 Å². The van der Waals surface area contributed by atoms with Gasteiger partial charge in [0.2, 0.25) is 0 Å². The Hall–Kier alpha value is -1.88. The average molecular weight is 275 g/mol. The maximum absolute atomic E-state index is 9.98. The zero-order chi connectivity index (χ0) is 14.5. The minimum Gasteiger partial charge on any atom is -0.491 e. The van der Waals surface area contributed by atoms with E-state index in [1.54, 1.807) is 4.68 Å². The van der Waals surface area contributed by atoms with Crippen molar-refractivity contribution in [2.75, 3.05) is 6.61 Å². The van der Waals surface area contributed by atoms with E-state index in [1.165, 1.54) is 5.56 Å². The van der Waals surface area contributed by atoms with E-state index >= 15 is 0 Å². The molecule has 108 valence electrons. The van der Waals surface area contributed by atoms with Crippen LogP contribution in [-0.4, -0.2) is 32.6 Å². The molecule has 2 aromatic rings. The number of aromatic nitrogens is 3. The number of hydrogen-bond acceptors (Lipinski definition) is 4. The second-order valence-electron chi connectivity index (χ2n) is 4.85. The molecule has 0 amide bonds. The molecular weight excluding hydrogens is 254 g/mol. The maximum Gasteiger partial charge on any atom is 0.147 e. The van der Waals surface area contributed by atoms with Crippen molar-refractivity contribution in [2.45, 2.75) is 39.8 Å². The van der Waals surface area contributed by atoms with Crippen LogP contribution in [0, 0.1) is 13.8 Å². The zero-order valence-electron chi connectivity index (χ0n) is 12.2. The molecule has 1 N–H and O–H groups in total. The Bertz CT molecular complexity index is 549. The molecule has 0 aliphatic carbocycles. The Morgan fingerprint density at radius 3 is 2.50 bits per heavy atom. The number of rotatable bonds is 6. The van der Waals surface area contributed by atoms with E-state index in [1.807, 2.05) is 38.1 Å². The Balaban J connectivity index is 1.85. The highest BCUT2D eigenvalue weighted by Gasteiger charge is 2.10. The van der Waals surface area contributed by atoms with E-state index in [0.717, 1.165) is 18.0 Å². The van der Waals surface area contributed by atoms with Crippen molar-refractivity contribution in [2.24, 2.45) is 0 Å². The summed E-state index contributed by atoms with van der Waals surface area (Å²) in [5, 5.41) is 14.2. The Morgan fingerprint density at radius 2 is 1.95 bits per heavy atom. The summed E-state index contributed by atoms with van der Waals surface area (Å²) < 4.78 is 7.27. The SMILES string of the molecule is CCc1ccc(OCC(O)Cn2nc(C)nc2C)cc1. The Morgan fingerprint density at radius 1 is 1.25 bits per heavy atom. The fourth-order valence-electron chi connectivity index (χ4n) is 2.00. The highest BCUT2D eigenvalue weighted by atomic mass is 16.5. The molecule has 0 spiro atoms. The van der Waals surface area contributed by atoms with Gasteiger partial charge < -0.3 is 9.84 Å². The van der Waals surface area contributed by atoms with Gasteiger partial charge in [0.25, 0.3) is 0 Å². The molecule has 0 fully saturated rings. The molecule has 1 atom stereocenters. The summed E-state index contributed by atoms with van der Waals surface area (Å²) >= 11 is 0. The van der Waals surface area contributed by atoms with Crippen LogP contribution in [0.4, 0.5) is 0 Å². The highest BCUT2D eigenvalue weighted by molar-refractivity contribution is 5.27. The van der Waals surface area contributed by atoms with Crippen LogP contribution < -0.4 is 4.74 Å². The first-order chi connectivity index (χ1) is 9.58. The van der Waals surface area contributed by atoms with Gasteiger partial charge in [0.1, 0.15) is 30.1 Å². The molecule has 0 saturated carbocycles. The van der Waals surface area contributed by atoms with Gasteiger partial charge in [0.05, 0.1) is 6.54 Å². The summed E-state index contributed by atoms with van der Waals surface area (Å²) in [6.07, 6.45) is 0.397. The van der Waals surface area contributed by atoms with Gasteiger partial charge in [-0.3, -0.25) is 0 Å². The largest absolute Gasteiger partial charge is 0.491 e. The molecule has 0 aliphatic rings. The molecule has 0 bridgehead atoms. The molecule has 0 saturated heterocycles. The number of aliphatic hydroxyl groups is 1. The molecule has 5 nitrogen and oxygen atoms in total. The molecule has 0 aliphatic heterocycles. The number of ether oxygens (including phenoxy) is 1. The number of benzene rings is 1. The van der Waals surface area contributed by atoms with E-state index in [0.29, 0.717) is 12.4 Å². The first kappa shape index (κ1) is 14.5. The minimum absolute atomic E-state index is 0.240. The molecule has 5 heteroatoms. The van der Waals surface area contributed by atoms with Crippen LogP contribution in [0.1, 0.15) is 24.1 Å². The van der Waals surface area contributed by atoms with Gasteiger partial charge >= 0.3 is 0 Å². The van der Waals surface area contributed by atoms with E-state index in [4.69, 9.17) is 4.74 Å². The lowest BCUT2D eigenvalue weighted by Crippen LogP contribution is -2.24. The predicted octanol–water partition coefficient (Wildman–Crippen LogP) is 1.90. The van der Waals surface area contributed by atoms with Crippen LogP contribution in [0.15, 0.2) is 24.3 Å². The Kier molecular flexibility index (Phi) is 4.74. The minimum atomic E-state index is -0.611. The van der Waals surface area contributed by atoms with Crippen molar-refractivity contribution in [3.63, 3.8) is 0 Å². The van der Waals surface area contributed by atoms with Gasteiger partial charge in [0, 0.05) is 0 Å². The third kappa shape index (κ3) is 3.81. The van der Waals surface area contributed by atoms with Gasteiger partial charge in [0.15, 0.2) is 0 Å². The third-order valence-corrected chi connectivity index (χ3v) is 3.12. The third-order valence-electron chi connectivity index (χ3n) is 3.12. The lowest BCUT2D eigenvalue weighted by Gasteiger charge is -2.13. The second-order valence-corrected chi connectivity index (χ2v) is 4.85. The number of aryl methyl sites for hydroxylation is 3. The van der Waals surface area contributed by atoms with Crippen molar-refractivity contribution in [3.8, 4) is 5.75 Å². The van der Waals surface area contributed by atoms with Crippen LogP contribution in [0.25, 0.3) is 0 Å². The Labute approximate surface area is 119 Å². The van der Waals surface area contributed by atoms with E-state index in [9.17, 15) is 5.11 Å². The topological polar surface area (TPSA) is 60.2 Å². The standard InChI is InChI=1S/C15H21N3O2/c1-4-13-5-7-15(8-6-13)20-10-14(19)9-18-12(3)16-11(2)17-18/h5-8,14,19H,4,9-10H2,1-3H3. The molecular formula is C15H21N3O2. The van der Waals surface area contributed by atoms with Crippen molar-refractivity contribution in [1.29, 1.82) is 0 Å². The summed E-state index contributed by atoms with van der Waals surface area (Å²) in [6, 6.07) is 7.92. The monoisotopic (exact) mass is 275 g/mol. The van der Waals surface area contributed by atoms with Crippen LogP contribution in [0.5, 0.6) is 5.75 Å². The first-order valence-corrected chi connectivity index (χ1v) is 6.86. The smallest absolute Gasteiger partial charge is 0.147 e. The van der Waals surface area contributed by atoms with E-state index in [-0.39, 0.29) is 6.61 Å². The fourth-order valence-corrected chi connectivity index (χ4v) is 2.00. The van der Waals surface area contributed by atoms with Crippen molar-refractivity contribution < 1.29 is 9.84 Å². The fraction of sp³-hybridized carbons (Fsp3) is 0.467. The van der Waals surface area contributed by atoms with Crippen LogP contribution in [0.2, 0.25) is 0 Å². The molecule has 0 radical (unpaired) electrons. The summed E-state index contributed by atoms with van der Waals surface area (Å²) in [7, 11) is 0. The number of nitrogens with zero attached hydrogens (tertiary/aromatic N) is 3.